The Bertz CT molecular complexity index is 728. The fourth-order valence-electron chi connectivity index (χ4n) is 1.38. The summed E-state index contributed by atoms with van der Waals surface area (Å²) in [5.74, 6) is -5.17. The van der Waals surface area contributed by atoms with Gasteiger partial charge in [0.15, 0.2) is 23.3 Å². The molecule has 0 saturated heterocycles. The van der Waals surface area contributed by atoms with Gasteiger partial charge in [-0.25, -0.2) is 21.6 Å². The number of nitrogens with zero attached hydrogens (tertiary/aromatic N) is 1. The highest BCUT2D eigenvalue weighted by molar-refractivity contribution is 7.92. The van der Waals surface area contributed by atoms with Crippen molar-refractivity contribution >= 4 is 15.8 Å². The van der Waals surface area contributed by atoms with Crippen molar-refractivity contribution in [2.24, 2.45) is 0 Å². The van der Waals surface area contributed by atoms with Crippen LogP contribution in [0, 0.1) is 24.4 Å². The zero-order valence-corrected chi connectivity index (χ0v) is 10.4. The maximum Gasteiger partial charge on any atom is 0.266 e. The van der Waals surface area contributed by atoms with Crippen molar-refractivity contribution in [3.05, 3.63) is 41.3 Å². The van der Waals surface area contributed by atoms with Gasteiger partial charge in [0.05, 0.1) is 0 Å². The topological polar surface area (TPSA) is 74.8 Å². The van der Waals surface area contributed by atoms with Crippen LogP contribution >= 0.6 is 0 Å². The summed E-state index contributed by atoms with van der Waals surface area (Å²) < 4.78 is 64.7. The molecule has 1 aromatic heterocycles. The minimum atomic E-state index is -4.38. The van der Waals surface area contributed by atoms with Gasteiger partial charge in [-0.1, -0.05) is 0 Å². The lowest BCUT2D eigenvalue weighted by Gasteiger charge is -2.07. The van der Waals surface area contributed by atoms with Gasteiger partial charge in [0.25, 0.3) is 10.0 Å². The van der Waals surface area contributed by atoms with Gasteiger partial charge >= 0.3 is 0 Å². The molecule has 0 fully saturated rings. The van der Waals surface area contributed by atoms with Crippen molar-refractivity contribution < 1.29 is 21.6 Å². The van der Waals surface area contributed by atoms with Crippen LogP contribution in [0.15, 0.2) is 23.1 Å². The summed E-state index contributed by atoms with van der Waals surface area (Å²) in [5.41, 5.74) is 0.573. The molecule has 0 radical (unpaired) electrons. The summed E-state index contributed by atoms with van der Waals surface area (Å²) in [7, 11) is -4.38. The van der Waals surface area contributed by atoms with Crippen LogP contribution in [0.5, 0.6) is 0 Å². The van der Waals surface area contributed by atoms with Crippen LogP contribution in [0.25, 0.3) is 0 Å². The van der Waals surface area contributed by atoms with E-state index in [0.717, 1.165) is 0 Å². The third-order valence-corrected chi connectivity index (χ3v) is 3.61. The molecule has 0 spiro atoms. The second-order valence-corrected chi connectivity index (χ2v) is 5.37. The number of benzene rings is 1. The summed E-state index contributed by atoms with van der Waals surface area (Å²) in [6.07, 6.45) is 0. The molecule has 1 aromatic carbocycles. The van der Waals surface area contributed by atoms with Gasteiger partial charge in [-0.3, -0.25) is 9.82 Å². The Kier molecular flexibility index (Phi) is 3.23. The number of nitrogens with one attached hydrogen (secondary N) is 2. The van der Waals surface area contributed by atoms with Gasteiger partial charge in [0.2, 0.25) is 0 Å². The number of aromatic nitrogens is 2. The van der Waals surface area contributed by atoms with Crippen LogP contribution in [0.2, 0.25) is 0 Å². The van der Waals surface area contributed by atoms with Crippen LogP contribution in [0.1, 0.15) is 5.69 Å². The molecule has 2 aromatic rings. The summed E-state index contributed by atoms with van der Waals surface area (Å²) >= 11 is 0. The van der Waals surface area contributed by atoms with Crippen LogP contribution in [0.3, 0.4) is 0 Å². The third kappa shape index (κ3) is 2.55. The summed E-state index contributed by atoms with van der Waals surface area (Å²) in [6, 6.07) is 2.52. The van der Waals surface area contributed by atoms with Crippen molar-refractivity contribution in [3.63, 3.8) is 0 Å². The number of aryl methyl sites for hydroxylation is 1. The molecular weight excluding hydrogens is 283 g/mol. The van der Waals surface area contributed by atoms with Gasteiger partial charge in [-0.2, -0.15) is 5.10 Å². The number of anilines is 1. The summed E-state index contributed by atoms with van der Waals surface area (Å²) in [5, 5.41) is 6.06. The Morgan fingerprint density at radius 1 is 1.21 bits per heavy atom. The Morgan fingerprint density at radius 3 is 2.47 bits per heavy atom. The minimum absolute atomic E-state index is 0.0818. The molecule has 0 aliphatic rings. The standard InChI is InChI=1S/C10H8F3N3O2S/c1-5-4-8(15-14-5)16-19(17,18)7-3-2-6(11)9(12)10(7)13/h2-4H,1H3,(H2,14,15,16). The average molecular weight is 291 g/mol. The number of rotatable bonds is 3. The third-order valence-electron chi connectivity index (χ3n) is 2.23. The average Bonchev–Trinajstić information content (AvgIpc) is 2.70. The fourth-order valence-corrected chi connectivity index (χ4v) is 2.44. The molecule has 0 amide bonds. The number of sulfonamides is 1. The highest BCUT2D eigenvalue weighted by atomic mass is 32.2. The quantitative estimate of drug-likeness (QED) is 0.849. The first kappa shape index (κ1) is 13.4. The lowest BCUT2D eigenvalue weighted by molar-refractivity contribution is 0.432. The lowest BCUT2D eigenvalue weighted by Crippen LogP contribution is -2.16. The highest BCUT2D eigenvalue weighted by Gasteiger charge is 2.24. The van der Waals surface area contributed by atoms with Crippen molar-refractivity contribution in [1.82, 2.24) is 10.2 Å². The summed E-state index contributed by atoms with van der Waals surface area (Å²) in [6.45, 7) is 1.63. The smallest absolute Gasteiger partial charge is 0.266 e. The Balaban J connectivity index is 2.43. The molecule has 0 aliphatic carbocycles. The zero-order chi connectivity index (χ0) is 14.2. The SMILES string of the molecule is Cc1cc(NS(=O)(=O)c2ccc(F)c(F)c2F)n[nH]1. The van der Waals surface area contributed by atoms with Crippen molar-refractivity contribution in [2.75, 3.05) is 4.72 Å². The number of H-pyrrole nitrogens is 1. The Labute approximate surface area is 106 Å². The van der Waals surface area contributed by atoms with E-state index in [-0.39, 0.29) is 5.82 Å². The number of hydrogen-bond acceptors (Lipinski definition) is 3. The van der Waals surface area contributed by atoms with Crippen molar-refractivity contribution in [2.45, 2.75) is 11.8 Å². The van der Waals surface area contributed by atoms with Crippen LogP contribution in [-0.2, 0) is 10.0 Å². The molecular formula is C10H8F3N3O2S. The fraction of sp³-hybridized carbons (Fsp3) is 0.100. The van der Waals surface area contributed by atoms with Gasteiger partial charge in [-0.05, 0) is 19.1 Å². The molecule has 5 nitrogen and oxygen atoms in total. The Hall–Kier alpha value is -2.03. The van der Waals surface area contributed by atoms with E-state index in [1.807, 2.05) is 4.72 Å². The van der Waals surface area contributed by atoms with Crippen LogP contribution < -0.4 is 4.72 Å². The van der Waals surface area contributed by atoms with E-state index in [9.17, 15) is 21.6 Å². The number of hydrogen-bond donors (Lipinski definition) is 2. The van der Waals surface area contributed by atoms with E-state index in [1.54, 1.807) is 6.92 Å². The monoisotopic (exact) mass is 291 g/mol. The first-order chi connectivity index (χ1) is 8.81. The highest BCUT2D eigenvalue weighted by Crippen LogP contribution is 2.21. The van der Waals surface area contributed by atoms with Gasteiger partial charge in [-0.15, -0.1) is 0 Å². The number of halogens is 3. The molecule has 2 N–H and O–H groups in total. The van der Waals surface area contributed by atoms with Gasteiger partial charge in [0, 0.05) is 11.8 Å². The zero-order valence-electron chi connectivity index (χ0n) is 9.54. The van der Waals surface area contributed by atoms with E-state index in [0.29, 0.717) is 17.8 Å². The minimum Gasteiger partial charge on any atom is -0.281 e. The normalized spacial score (nSPS) is 11.6. The first-order valence-corrected chi connectivity index (χ1v) is 6.48. The molecule has 102 valence electrons. The van der Waals surface area contributed by atoms with Crippen LogP contribution in [0.4, 0.5) is 19.0 Å². The molecule has 0 aliphatic heterocycles. The van der Waals surface area contributed by atoms with Crippen LogP contribution in [-0.4, -0.2) is 18.6 Å². The molecule has 1 heterocycles. The largest absolute Gasteiger partial charge is 0.281 e. The predicted octanol–water partition coefficient (Wildman–Crippen LogP) is 1.94. The van der Waals surface area contributed by atoms with E-state index < -0.39 is 32.4 Å². The second kappa shape index (κ2) is 4.57. The van der Waals surface area contributed by atoms with E-state index in [4.69, 9.17) is 0 Å². The second-order valence-electron chi connectivity index (χ2n) is 3.72. The number of aromatic amines is 1. The summed E-state index contributed by atoms with van der Waals surface area (Å²) in [4.78, 5) is -0.993. The van der Waals surface area contributed by atoms with Crippen molar-refractivity contribution in [3.8, 4) is 0 Å². The molecule has 9 heteroatoms. The Morgan fingerprint density at radius 2 is 1.89 bits per heavy atom. The maximum absolute atomic E-state index is 13.4. The van der Waals surface area contributed by atoms with E-state index in [1.165, 1.54) is 6.07 Å². The lowest BCUT2D eigenvalue weighted by atomic mass is 10.3. The predicted molar refractivity (Wildman–Crippen MR) is 60.4 cm³/mol. The van der Waals surface area contributed by atoms with Crippen molar-refractivity contribution in [1.29, 1.82) is 0 Å². The maximum atomic E-state index is 13.4. The molecule has 0 atom stereocenters. The van der Waals surface area contributed by atoms with E-state index >= 15 is 0 Å². The molecule has 0 saturated carbocycles. The molecule has 0 bridgehead atoms. The van der Waals surface area contributed by atoms with E-state index in [2.05, 4.69) is 10.2 Å². The molecule has 2 rings (SSSR count). The first-order valence-electron chi connectivity index (χ1n) is 4.99. The molecule has 0 unspecified atom stereocenters. The van der Waals surface area contributed by atoms with Gasteiger partial charge < -0.3 is 0 Å². The van der Waals surface area contributed by atoms with Gasteiger partial charge in [0.1, 0.15) is 4.90 Å². The molecule has 19 heavy (non-hydrogen) atoms.